The first-order valence-corrected chi connectivity index (χ1v) is 10.1. The number of pyridine rings is 1. The smallest absolute Gasteiger partial charge is 0.253 e. The Morgan fingerprint density at radius 1 is 1.04 bits per heavy atom. The second kappa shape index (κ2) is 7.43. The summed E-state index contributed by atoms with van der Waals surface area (Å²) in [5.74, 6) is 0.154. The number of hydrogen-bond donors (Lipinski definition) is 0. The lowest BCUT2D eigenvalue weighted by Crippen LogP contribution is -2.63. The van der Waals surface area contributed by atoms with Crippen molar-refractivity contribution in [2.24, 2.45) is 0 Å². The summed E-state index contributed by atoms with van der Waals surface area (Å²) in [5, 5.41) is 0. The minimum absolute atomic E-state index is 0.154. The van der Waals surface area contributed by atoms with E-state index in [1.807, 2.05) is 49.1 Å². The SMILES string of the molecule is Cc1ccc(-c2ccc(C(=O)N3CC(N4CCCC[C@H]4C)C3)cc2)c(C)n1. The van der Waals surface area contributed by atoms with Crippen LogP contribution in [0.2, 0.25) is 0 Å². The number of aromatic nitrogens is 1. The zero-order valence-electron chi connectivity index (χ0n) is 16.6. The molecular formula is C23H29N3O. The van der Waals surface area contributed by atoms with Gasteiger partial charge in [0.1, 0.15) is 0 Å². The van der Waals surface area contributed by atoms with Crippen molar-refractivity contribution in [2.45, 2.75) is 52.1 Å². The van der Waals surface area contributed by atoms with E-state index >= 15 is 0 Å². The maximum atomic E-state index is 12.8. The highest BCUT2D eigenvalue weighted by molar-refractivity contribution is 5.95. The van der Waals surface area contributed by atoms with Crippen molar-refractivity contribution in [3.8, 4) is 11.1 Å². The van der Waals surface area contributed by atoms with Gasteiger partial charge in [-0.25, -0.2) is 0 Å². The Labute approximate surface area is 162 Å². The minimum atomic E-state index is 0.154. The molecule has 0 spiro atoms. The molecule has 0 radical (unpaired) electrons. The predicted octanol–water partition coefficient (Wildman–Crippen LogP) is 4.06. The number of likely N-dealkylation sites (tertiary alicyclic amines) is 2. The lowest BCUT2D eigenvalue weighted by atomic mass is 9.96. The number of hydrogen-bond acceptors (Lipinski definition) is 3. The molecule has 0 bridgehead atoms. The molecule has 2 aliphatic rings. The van der Waals surface area contributed by atoms with E-state index in [0.29, 0.717) is 12.1 Å². The molecule has 0 aliphatic carbocycles. The maximum Gasteiger partial charge on any atom is 0.253 e. The van der Waals surface area contributed by atoms with Crippen molar-refractivity contribution in [1.82, 2.24) is 14.8 Å². The van der Waals surface area contributed by atoms with Crippen LogP contribution in [0.25, 0.3) is 11.1 Å². The molecule has 3 heterocycles. The summed E-state index contributed by atoms with van der Waals surface area (Å²) in [7, 11) is 0. The first-order chi connectivity index (χ1) is 13.0. The Hall–Kier alpha value is -2.20. The van der Waals surface area contributed by atoms with Crippen LogP contribution in [0, 0.1) is 13.8 Å². The third-order valence-electron chi connectivity index (χ3n) is 6.14. The summed E-state index contributed by atoms with van der Waals surface area (Å²) in [6, 6.07) is 13.3. The van der Waals surface area contributed by atoms with Crippen molar-refractivity contribution in [3.05, 3.63) is 53.3 Å². The van der Waals surface area contributed by atoms with Gasteiger partial charge in [0.2, 0.25) is 0 Å². The fraction of sp³-hybridized carbons (Fsp3) is 0.478. The summed E-state index contributed by atoms with van der Waals surface area (Å²) in [6.45, 7) is 9.28. The minimum Gasteiger partial charge on any atom is -0.335 e. The zero-order valence-corrected chi connectivity index (χ0v) is 16.6. The van der Waals surface area contributed by atoms with Crippen LogP contribution >= 0.6 is 0 Å². The molecule has 2 saturated heterocycles. The Morgan fingerprint density at radius 2 is 1.78 bits per heavy atom. The van der Waals surface area contributed by atoms with E-state index in [1.165, 1.54) is 25.8 Å². The molecule has 2 aliphatic heterocycles. The molecule has 142 valence electrons. The Kier molecular flexibility index (Phi) is 5.00. The topological polar surface area (TPSA) is 36.4 Å². The van der Waals surface area contributed by atoms with Crippen LogP contribution in [0.4, 0.5) is 0 Å². The summed E-state index contributed by atoms with van der Waals surface area (Å²) >= 11 is 0. The maximum absolute atomic E-state index is 12.8. The fourth-order valence-corrected chi connectivity index (χ4v) is 4.46. The van der Waals surface area contributed by atoms with Gasteiger partial charge in [0, 0.05) is 47.7 Å². The third-order valence-corrected chi connectivity index (χ3v) is 6.14. The molecule has 4 heteroatoms. The number of amides is 1. The molecule has 0 unspecified atom stereocenters. The average molecular weight is 364 g/mol. The van der Waals surface area contributed by atoms with Crippen molar-refractivity contribution in [3.63, 3.8) is 0 Å². The summed E-state index contributed by atoms with van der Waals surface area (Å²) in [6.07, 6.45) is 3.93. The van der Waals surface area contributed by atoms with Gasteiger partial charge in [-0.2, -0.15) is 0 Å². The van der Waals surface area contributed by atoms with E-state index in [2.05, 4.69) is 22.9 Å². The molecule has 2 aromatic rings. The summed E-state index contributed by atoms with van der Waals surface area (Å²) < 4.78 is 0. The second-order valence-electron chi connectivity index (χ2n) is 8.11. The third kappa shape index (κ3) is 3.63. The molecule has 4 rings (SSSR count). The molecule has 1 aromatic carbocycles. The van der Waals surface area contributed by atoms with Gasteiger partial charge >= 0.3 is 0 Å². The van der Waals surface area contributed by atoms with Crippen LogP contribution in [0.15, 0.2) is 36.4 Å². The van der Waals surface area contributed by atoms with Gasteiger partial charge in [-0.1, -0.05) is 24.6 Å². The molecule has 4 nitrogen and oxygen atoms in total. The number of benzene rings is 1. The number of piperidine rings is 1. The Bertz CT molecular complexity index is 824. The summed E-state index contributed by atoms with van der Waals surface area (Å²) in [4.78, 5) is 21.9. The molecule has 27 heavy (non-hydrogen) atoms. The van der Waals surface area contributed by atoms with Crippen molar-refractivity contribution in [2.75, 3.05) is 19.6 Å². The number of rotatable bonds is 3. The highest BCUT2D eigenvalue weighted by atomic mass is 16.2. The highest BCUT2D eigenvalue weighted by Crippen LogP contribution is 2.27. The van der Waals surface area contributed by atoms with E-state index in [9.17, 15) is 4.79 Å². The molecule has 2 fully saturated rings. The highest BCUT2D eigenvalue weighted by Gasteiger charge is 2.37. The first kappa shape index (κ1) is 18.2. The fourth-order valence-electron chi connectivity index (χ4n) is 4.46. The van der Waals surface area contributed by atoms with Gasteiger partial charge in [-0.3, -0.25) is 14.7 Å². The van der Waals surface area contributed by atoms with Crippen LogP contribution < -0.4 is 0 Å². The number of aryl methyl sites for hydroxylation is 2. The second-order valence-corrected chi connectivity index (χ2v) is 8.11. The van der Waals surface area contributed by atoms with Crippen molar-refractivity contribution < 1.29 is 4.79 Å². The monoisotopic (exact) mass is 363 g/mol. The zero-order chi connectivity index (χ0) is 19.0. The lowest BCUT2D eigenvalue weighted by Gasteiger charge is -2.49. The van der Waals surface area contributed by atoms with Crippen molar-refractivity contribution >= 4 is 5.91 Å². The van der Waals surface area contributed by atoms with Gasteiger partial charge in [0.05, 0.1) is 0 Å². The van der Waals surface area contributed by atoms with Gasteiger partial charge in [-0.15, -0.1) is 0 Å². The number of carbonyl (C=O) groups excluding carboxylic acids is 1. The molecular weight excluding hydrogens is 334 g/mol. The van der Waals surface area contributed by atoms with Crippen LogP contribution in [0.5, 0.6) is 0 Å². The molecule has 1 atom stereocenters. The lowest BCUT2D eigenvalue weighted by molar-refractivity contribution is 0.00213. The van der Waals surface area contributed by atoms with Gasteiger partial charge in [-0.05, 0) is 63.9 Å². The number of nitrogens with zero attached hydrogens (tertiary/aromatic N) is 3. The standard InChI is InChI=1S/C23H29N3O/c1-16-7-12-22(18(3)24-16)19-8-10-20(11-9-19)23(27)25-14-21(15-25)26-13-5-4-6-17(26)2/h7-12,17,21H,4-6,13-15H2,1-3H3/t17-/m1/s1. The van der Waals surface area contributed by atoms with Gasteiger partial charge in [0.25, 0.3) is 5.91 Å². The van der Waals surface area contributed by atoms with Gasteiger partial charge < -0.3 is 4.90 Å². The first-order valence-electron chi connectivity index (χ1n) is 10.1. The van der Waals surface area contributed by atoms with Crippen LogP contribution in [-0.4, -0.2) is 52.4 Å². The normalized spacial score (nSPS) is 21.1. The van der Waals surface area contributed by atoms with E-state index < -0.39 is 0 Å². The van der Waals surface area contributed by atoms with E-state index in [-0.39, 0.29) is 5.91 Å². The Balaban J connectivity index is 1.40. The molecule has 0 N–H and O–H groups in total. The summed E-state index contributed by atoms with van der Waals surface area (Å²) in [5.41, 5.74) is 5.07. The molecule has 1 aromatic heterocycles. The van der Waals surface area contributed by atoms with E-state index in [1.54, 1.807) is 0 Å². The average Bonchev–Trinajstić information content (AvgIpc) is 2.62. The quantitative estimate of drug-likeness (QED) is 0.825. The van der Waals surface area contributed by atoms with E-state index in [4.69, 9.17) is 0 Å². The largest absolute Gasteiger partial charge is 0.335 e. The van der Waals surface area contributed by atoms with Gasteiger partial charge in [0.15, 0.2) is 0 Å². The number of carbonyl (C=O) groups is 1. The van der Waals surface area contributed by atoms with Crippen LogP contribution in [-0.2, 0) is 0 Å². The van der Waals surface area contributed by atoms with Crippen LogP contribution in [0.3, 0.4) is 0 Å². The molecule has 1 amide bonds. The van der Waals surface area contributed by atoms with Crippen molar-refractivity contribution in [1.29, 1.82) is 0 Å². The predicted molar refractivity (Wildman–Crippen MR) is 109 cm³/mol. The Morgan fingerprint density at radius 3 is 2.44 bits per heavy atom. The van der Waals surface area contributed by atoms with E-state index in [0.717, 1.165) is 41.2 Å². The van der Waals surface area contributed by atoms with Crippen LogP contribution in [0.1, 0.15) is 47.9 Å². The molecule has 0 saturated carbocycles.